The molecule has 2 aliphatic rings. The number of carbonyl (C=O) groups is 2. The number of amides is 2. The highest BCUT2D eigenvalue weighted by molar-refractivity contribution is 5.97. The SMILES string of the molecule is C#CC(=O)NCc1ccccc1C(=O)NC1(c2cc(F)cc(/C(=C(\C)NC3CC3)C(C)N)c2)CC1. The van der Waals surface area contributed by atoms with Gasteiger partial charge in [0.05, 0.1) is 5.54 Å². The van der Waals surface area contributed by atoms with E-state index in [0.717, 1.165) is 35.2 Å². The zero-order chi connectivity index (χ0) is 25.2. The predicted molar refractivity (Wildman–Crippen MR) is 134 cm³/mol. The summed E-state index contributed by atoms with van der Waals surface area (Å²) >= 11 is 0. The quantitative estimate of drug-likeness (QED) is 0.419. The summed E-state index contributed by atoms with van der Waals surface area (Å²) in [5.41, 5.74) is 9.99. The van der Waals surface area contributed by atoms with Crippen LogP contribution in [0.15, 0.2) is 48.2 Å². The van der Waals surface area contributed by atoms with Crippen molar-refractivity contribution in [3.05, 3.63) is 76.2 Å². The van der Waals surface area contributed by atoms with Gasteiger partial charge >= 0.3 is 0 Å². The Bertz CT molecular complexity index is 1220. The average molecular weight is 475 g/mol. The molecule has 1 unspecified atom stereocenters. The molecule has 7 heteroatoms. The molecule has 0 aliphatic heterocycles. The first kappa shape index (κ1) is 24.5. The van der Waals surface area contributed by atoms with Gasteiger partial charge in [-0.05, 0) is 92.0 Å². The third kappa shape index (κ3) is 5.72. The Hall–Kier alpha value is -3.63. The molecule has 2 aliphatic carbocycles. The van der Waals surface area contributed by atoms with Gasteiger partial charge in [-0.1, -0.05) is 18.2 Å². The Balaban J connectivity index is 1.60. The minimum Gasteiger partial charge on any atom is -0.386 e. The fraction of sp³-hybridized carbons (Fsp3) is 0.357. The number of nitrogens with two attached hydrogens (primary N) is 1. The molecule has 1 atom stereocenters. The summed E-state index contributed by atoms with van der Waals surface area (Å²) in [5.74, 6) is 0.802. The van der Waals surface area contributed by atoms with Crippen molar-refractivity contribution < 1.29 is 14.0 Å². The molecule has 182 valence electrons. The van der Waals surface area contributed by atoms with Gasteiger partial charge in [-0.3, -0.25) is 9.59 Å². The standard InChI is InChI=1S/C28H31FN4O2/c1-4-25(34)31-16-19-7-5-6-8-24(19)27(35)33-28(11-12-28)21-13-20(14-22(29)15-21)26(17(2)30)18(3)32-23-9-10-23/h1,5-8,13-15,17,23,32H,9-12,16,30H2,2-3H3,(H,31,34)(H,33,35)/b26-18+. The summed E-state index contributed by atoms with van der Waals surface area (Å²) in [6.07, 6.45) is 8.77. The fourth-order valence-corrected chi connectivity index (χ4v) is 4.47. The Labute approximate surface area is 205 Å². The first-order chi connectivity index (χ1) is 16.7. The summed E-state index contributed by atoms with van der Waals surface area (Å²) < 4.78 is 14.8. The van der Waals surface area contributed by atoms with E-state index in [0.29, 0.717) is 30.0 Å². The Morgan fingerprint density at radius 1 is 1.23 bits per heavy atom. The van der Waals surface area contributed by atoms with Gasteiger partial charge in [-0.2, -0.15) is 0 Å². The summed E-state index contributed by atoms with van der Waals surface area (Å²) in [7, 11) is 0. The van der Waals surface area contributed by atoms with Gasteiger partial charge in [-0.15, -0.1) is 6.42 Å². The number of carbonyl (C=O) groups excluding carboxylic acids is 2. The lowest BCUT2D eigenvalue weighted by molar-refractivity contribution is -0.115. The lowest BCUT2D eigenvalue weighted by Crippen LogP contribution is -2.36. The minimum atomic E-state index is -0.649. The normalized spacial score (nSPS) is 17.5. The van der Waals surface area contributed by atoms with Gasteiger partial charge in [0, 0.05) is 29.9 Å². The van der Waals surface area contributed by atoms with E-state index < -0.39 is 11.4 Å². The lowest BCUT2D eigenvalue weighted by atomic mass is 9.93. The van der Waals surface area contributed by atoms with Crippen molar-refractivity contribution in [3.8, 4) is 12.3 Å². The molecule has 0 radical (unpaired) electrons. The van der Waals surface area contributed by atoms with Crippen LogP contribution in [0.1, 0.15) is 66.6 Å². The van der Waals surface area contributed by atoms with E-state index in [2.05, 4.69) is 16.0 Å². The minimum absolute atomic E-state index is 0.138. The zero-order valence-corrected chi connectivity index (χ0v) is 20.1. The second-order valence-corrected chi connectivity index (χ2v) is 9.49. The molecule has 2 saturated carbocycles. The van der Waals surface area contributed by atoms with E-state index in [1.54, 1.807) is 24.3 Å². The first-order valence-corrected chi connectivity index (χ1v) is 11.9. The number of rotatable bonds is 9. The zero-order valence-electron chi connectivity index (χ0n) is 20.1. The maximum Gasteiger partial charge on any atom is 0.295 e. The summed E-state index contributed by atoms with van der Waals surface area (Å²) in [6.45, 7) is 4.01. The highest BCUT2D eigenvalue weighted by Gasteiger charge is 2.46. The van der Waals surface area contributed by atoms with Gasteiger partial charge in [-0.25, -0.2) is 4.39 Å². The predicted octanol–water partition coefficient (Wildman–Crippen LogP) is 3.32. The second kappa shape index (κ2) is 9.93. The number of nitrogens with one attached hydrogen (secondary N) is 3. The van der Waals surface area contributed by atoms with Crippen LogP contribution in [0.25, 0.3) is 5.57 Å². The maximum atomic E-state index is 14.8. The van der Waals surface area contributed by atoms with Gasteiger partial charge in [0.25, 0.3) is 11.8 Å². The molecule has 2 aromatic rings. The van der Waals surface area contributed by atoms with Crippen LogP contribution >= 0.6 is 0 Å². The number of hydrogen-bond donors (Lipinski definition) is 4. The van der Waals surface area contributed by atoms with Gasteiger partial charge in [0.15, 0.2) is 0 Å². The van der Waals surface area contributed by atoms with Crippen molar-refractivity contribution in [2.24, 2.45) is 5.73 Å². The maximum absolute atomic E-state index is 14.8. The summed E-state index contributed by atoms with van der Waals surface area (Å²) in [6, 6.07) is 12.1. The molecule has 0 spiro atoms. The van der Waals surface area contributed by atoms with E-state index in [-0.39, 0.29) is 24.3 Å². The smallest absolute Gasteiger partial charge is 0.295 e. The lowest BCUT2D eigenvalue weighted by Gasteiger charge is -2.23. The highest BCUT2D eigenvalue weighted by Crippen LogP contribution is 2.46. The van der Waals surface area contributed by atoms with E-state index in [4.69, 9.17) is 12.2 Å². The van der Waals surface area contributed by atoms with Gasteiger partial charge < -0.3 is 21.7 Å². The molecule has 6 nitrogen and oxygen atoms in total. The van der Waals surface area contributed by atoms with E-state index in [9.17, 15) is 14.0 Å². The molecule has 0 aromatic heterocycles. The van der Waals surface area contributed by atoms with Gasteiger partial charge in [0.1, 0.15) is 5.82 Å². The molecule has 0 heterocycles. The molecule has 2 aromatic carbocycles. The molecule has 0 bridgehead atoms. The second-order valence-electron chi connectivity index (χ2n) is 9.49. The number of allylic oxidation sites excluding steroid dienone is 1. The Kier molecular flexibility index (Phi) is 6.95. The molecule has 35 heavy (non-hydrogen) atoms. The van der Waals surface area contributed by atoms with Gasteiger partial charge in [0.2, 0.25) is 0 Å². The molecule has 4 rings (SSSR count). The summed E-state index contributed by atoms with van der Waals surface area (Å²) in [4.78, 5) is 24.7. The number of hydrogen-bond acceptors (Lipinski definition) is 4. The Morgan fingerprint density at radius 3 is 2.57 bits per heavy atom. The van der Waals surface area contributed by atoms with Crippen LogP contribution in [0.4, 0.5) is 4.39 Å². The molecular weight excluding hydrogens is 443 g/mol. The molecule has 5 N–H and O–H groups in total. The topological polar surface area (TPSA) is 96.2 Å². The van der Waals surface area contributed by atoms with Crippen LogP contribution in [0.5, 0.6) is 0 Å². The van der Waals surface area contributed by atoms with Crippen molar-refractivity contribution in [3.63, 3.8) is 0 Å². The third-order valence-corrected chi connectivity index (χ3v) is 6.55. The fourth-order valence-electron chi connectivity index (χ4n) is 4.47. The van der Waals surface area contributed by atoms with E-state index >= 15 is 0 Å². The van der Waals surface area contributed by atoms with Crippen molar-refractivity contribution in [1.29, 1.82) is 0 Å². The molecule has 0 saturated heterocycles. The van der Waals surface area contributed by atoms with Crippen molar-refractivity contribution >= 4 is 17.4 Å². The summed E-state index contributed by atoms with van der Waals surface area (Å²) in [5, 5.41) is 9.18. The number of halogens is 1. The monoisotopic (exact) mass is 474 g/mol. The van der Waals surface area contributed by atoms with Crippen LogP contribution in [-0.4, -0.2) is 23.9 Å². The van der Waals surface area contributed by atoms with Crippen molar-refractivity contribution in [1.82, 2.24) is 16.0 Å². The van der Waals surface area contributed by atoms with Crippen LogP contribution < -0.4 is 21.7 Å². The van der Waals surface area contributed by atoms with E-state index in [1.165, 1.54) is 12.1 Å². The van der Waals surface area contributed by atoms with Crippen molar-refractivity contribution in [2.75, 3.05) is 0 Å². The molecule has 2 amide bonds. The average Bonchev–Trinajstić information content (AvgIpc) is 3.75. The van der Waals surface area contributed by atoms with Crippen molar-refractivity contribution in [2.45, 2.75) is 63.7 Å². The largest absolute Gasteiger partial charge is 0.386 e. The van der Waals surface area contributed by atoms with Crippen LogP contribution in [0.3, 0.4) is 0 Å². The highest BCUT2D eigenvalue weighted by atomic mass is 19.1. The number of benzene rings is 2. The molecular formula is C28H31FN4O2. The first-order valence-electron chi connectivity index (χ1n) is 11.9. The van der Waals surface area contributed by atoms with Crippen LogP contribution in [-0.2, 0) is 16.9 Å². The van der Waals surface area contributed by atoms with Crippen LogP contribution in [0, 0.1) is 18.2 Å². The van der Waals surface area contributed by atoms with Crippen LogP contribution in [0.2, 0.25) is 0 Å². The Morgan fingerprint density at radius 2 is 1.94 bits per heavy atom. The third-order valence-electron chi connectivity index (χ3n) is 6.55. The number of terminal acetylenes is 1. The van der Waals surface area contributed by atoms with E-state index in [1.807, 2.05) is 25.8 Å². The molecule has 2 fully saturated rings.